The Morgan fingerprint density at radius 1 is 0.456 bits per heavy atom. The van der Waals surface area contributed by atoms with Gasteiger partial charge in [0.05, 0.1) is 22.7 Å². The molecule has 0 unspecified atom stereocenters. The molecule has 0 saturated heterocycles. The van der Waals surface area contributed by atoms with Gasteiger partial charge in [-0.05, 0) is 133 Å². The van der Waals surface area contributed by atoms with Crippen molar-refractivity contribution in [2.45, 2.75) is 37.5 Å². The Morgan fingerprint density at radius 3 is 1.33 bits per heavy atom. The first-order chi connectivity index (χ1) is 26.7. The summed E-state index contributed by atoms with van der Waals surface area (Å²) < 4.78 is 69.9. The van der Waals surface area contributed by atoms with Gasteiger partial charge in [0, 0.05) is 16.8 Å². The fraction of sp³-hybridized carbons (Fsp3) is 0.105. The Labute approximate surface area is 327 Å². The summed E-state index contributed by atoms with van der Waals surface area (Å²) in [6, 6.07) is 20.0. The largest absolute Gasteiger partial charge is 0.505 e. The Hall–Kier alpha value is -6.80. The van der Waals surface area contributed by atoms with Gasteiger partial charge in [-0.1, -0.05) is 12.1 Å². The molecule has 6 aromatic carbocycles. The van der Waals surface area contributed by atoms with Gasteiger partial charge in [0.2, 0.25) is 0 Å². The summed E-state index contributed by atoms with van der Waals surface area (Å²) in [5.74, 6) is -0.791. The molecule has 19 heteroatoms. The Morgan fingerprint density at radius 2 is 0.877 bits per heavy atom. The topological polar surface area (TPSA) is 307 Å². The molecule has 0 aliphatic rings. The number of phenolic OH excluding ortho intramolecular Hbond substituents is 1. The van der Waals surface area contributed by atoms with E-state index in [0.717, 1.165) is 40.5 Å². The van der Waals surface area contributed by atoms with Crippen molar-refractivity contribution in [2.24, 2.45) is 30.7 Å². The molecule has 0 amide bonds. The highest BCUT2D eigenvalue weighted by Gasteiger charge is 2.25. The van der Waals surface area contributed by atoms with Crippen molar-refractivity contribution in [3.63, 3.8) is 0 Å². The number of aryl methyl sites for hydroxylation is 4. The molecule has 0 saturated carbocycles. The third-order valence-corrected chi connectivity index (χ3v) is 10.8. The van der Waals surface area contributed by atoms with Crippen molar-refractivity contribution >= 4 is 87.9 Å². The summed E-state index contributed by atoms with van der Waals surface area (Å²) in [6.45, 7) is 7.19. The van der Waals surface area contributed by atoms with E-state index in [9.17, 15) is 31.0 Å². The molecule has 0 aliphatic carbocycles. The van der Waals surface area contributed by atoms with Crippen LogP contribution in [0.4, 0.5) is 56.9 Å². The van der Waals surface area contributed by atoms with Crippen LogP contribution in [0.1, 0.15) is 22.3 Å². The highest BCUT2D eigenvalue weighted by atomic mass is 32.2. The van der Waals surface area contributed by atoms with Gasteiger partial charge in [0.25, 0.3) is 20.2 Å². The second-order valence-electron chi connectivity index (χ2n) is 13.2. The van der Waals surface area contributed by atoms with E-state index >= 15 is 0 Å². The number of anilines is 4. The summed E-state index contributed by atoms with van der Waals surface area (Å²) >= 11 is 0. The average Bonchev–Trinajstić information content (AvgIpc) is 3.13. The molecule has 0 fully saturated rings. The lowest BCUT2D eigenvalue weighted by atomic mass is 10.0. The number of hydrogen-bond donors (Lipinski definition) is 7. The molecule has 6 rings (SSSR count). The number of nitrogens with zero attached hydrogens (tertiary/aromatic N) is 6. The summed E-state index contributed by atoms with van der Waals surface area (Å²) in [6.07, 6.45) is 0. The van der Waals surface area contributed by atoms with Crippen LogP contribution < -0.4 is 22.9 Å². The predicted octanol–water partition coefficient (Wildman–Crippen LogP) is 9.51. The Kier molecular flexibility index (Phi) is 10.5. The van der Waals surface area contributed by atoms with E-state index in [1.165, 1.54) is 12.1 Å². The fourth-order valence-electron chi connectivity index (χ4n) is 5.78. The van der Waals surface area contributed by atoms with Gasteiger partial charge in [-0.2, -0.15) is 27.1 Å². The molecule has 0 bridgehead atoms. The minimum absolute atomic E-state index is 0.130. The van der Waals surface area contributed by atoms with Crippen LogP contribution in [-0.4, -0.2) is 31.0 Å². The number of benzene rings is 6. The highest BCUT2D eigenvalue weighted by molar-refractivity contribution is 7.86. The highest BCUT2D eigenvalue weighted by Crippen LogP contribution is 2.45. The number of fused-ring (bicyclic) bond motifs is 1. The van der Waals surface area contributed by atoms with Crippen molar-refractivity contribution in [3.8, 4) is 16.9 Å². The van der Waals surface area contributed by atoms with Crippen molar-refractivity contribution in [3.05, 3.63) is 101 Å². The lowest BCUT2D eigenvalue weighted by molar-refractivity contribution is 0.472. The second kappa shape index (κ2) is 15.0. The first kappa shape index (κ1) is 39.9. The van der Waals surface area contributed by atoms with E-state index < -0.39 is 47.2 Å². The average molecular weight is 809 g/mol. The number of nitrogen functional groups attached to an aromatic ring is 4. The molecule has 0 aromatic heterocycles. The number of phenols is 1. The van der Waals surface area contributed by atoms with Gasteiger partial charge in [-0.3, -0.25) is 9.11 Å². The lowest BCUT2D eigenvalue weighted by Gasteiger charge is -2.12. The van der Waals surface area contributed by atoms with Crippen LogP contribution in [0.2, 0.25) is 0 Å². The van der Waals surface area contributed by atoms with Crippen LogP contribution in [0.25, 0.3) is 21.9 Å². The summed E-state index contributed by atoms with van der Waals surface area (Å²) in [4.78, 5) is -1.66. The molecular weight excluding hydrogens is 773 g/mol. The maximum absolute atomic E-state index is 12.5. The van der Waals surface area contributed by atoms with Crippen molar-refractivity contribution < 1.29 is 31.0 Å². The fourth-order valence-corrected chi connectivity index (χ4v) is 7.08. The van der Waals surface area contributed by atoms with E-state index in [2.05, 4.69) is 30.7 Å². The van der Waals surface area contributed by atoms with Crippen molar-refractivity contribution in [1.82, 2.24) is 0 Å². The molecule has 11 N–H and O–H groups in total. The smallest absolute Gasteiger partial charge is 0.296 e. The third kappa shape index (κ3) is 8.40. The van der Waals surface area contributed by atoms with Crippen molar-refractivity contribution in [1.29, 1.82) is 0 Å². The number of nitrogens with two attached hydrogens (primary N) is 4. The van der Waals surface area contributed by atoms with Crippen LogP contribution in [0.3, 0.4) is 0 Å². The first-order valence-corrected chi connectivity index (χ1v) is 19.7. The van der Waals surface area contributed by atoms with Gasteiger partial charge >= 0.3 is 0 Å². The van der Waals surface area contributed by atoms with E-state index in [-0.39, 0.29) is 22.1 Å². The summed E-state index contributed by atoms with van der Waals surface area (Å²) in [5, 5.41) is 35.8. The van der Waals surface area contributed by atoms with Gasteiger partial charge in [0.15, 0.2) is 5.75 Å². The SMILES string of the molecule is Cc1cc(N=Nc2ccc(-c3ccc(N=Nc4c(S(=O)(=O)O)cc5cc(S(=O)(=O)O)c(N=Nc6cc(C)c(N)cc6N)cc5c4O)c(C)c3)cc2C)c(N)cc1N. The minimum atomic E-state index is -5.07. The standard InChI is InChI=1S/C38H36N10O7S2/c1-18-11-32(28(41)16-26(18)39)45-43-30-7-5-22(9-20(30)3)23-6-8-31(21(4)10-23)44-48-37-36(57(53,54)55)14-24-13-35(56(50,51)52)34(15-25(24)38(37)49)47-46-33-12-19(2)27(40)17-29(33)42/h5-17,49H,39-42H2,1-4H3,(H,50,51,52)(H,53,54,55). The van der Waals surface area contributed by atoms with Gasteiger partial charge in [-0.25, -0.2) is 0 Å². The quantitative estimate of drug-likeness (QED) is 0.0409. The van der Waals surface area contributed by atoms with Crippen LogP contribution in [-0.2, 0) is 20.2 Å². The van der Waals surface area contributed by atoms with E-state index in [1.807, 2.05) is 38.1 Å². The molecule has 6 aromatic rings. The molecule has 57 heavy (non-hydrogen) atoms. The number of aromatic hydroxyl groups is 1. The third-order valence-electron chi connectivity index (χ3n) is 9.03. The first-order valence-electron chi connectivity index (χ1n) is 16.8. The number of azo groups is 3. The van der Waals surface area contributed by atoms with Crippen LogP contribution in [0, 0.1) is 27.7 Å². The van der Waals surface area contributed by atoms with Crippen LogP contribution >= 0.6 is 0 Å². The molecule has 17 nitrogen and oxygen atoms in total. The van der Waals surface area contributed by atoms with Crippen molar-refractivity contribution in [2.75, 3.05) is 22.9 Å². The number of hydrogen-bond acceptors (Lipinski definition) is 15. The minimum Gasteiger partial charge on any atom is -0.505 e. The molecular formula is C38H36N10O7S2. The summed E-state index contributed by atoms with van der Waals surface area (Å²) in [7, 11) is -10.1. The van der Waals surface area contributed by atoms with Crippen LogP contribution in [0.5, 0.6) is 5.75 Å². The maximum Gasteiger partial charge on any atom is 0.296 e. The zero-order valence-corrected chi connectivity index (χ0v) is 32.4. The van der Waals surface area contributed by atoms with E-state index in [4.69, 9.17) is 22.9 Å². The predicted molar refractivity (Wildman–Crippen MR) is 219 cm³/mol. The molecule has 0 atom stereocenters. The van der Waals surface area contributed by atoms with Gasteiger partial charge in [-0.15, -0.1) is 20.5 Å². The summed E-state index contributed by atoms with van der Waals surface area (Å²) in [5.41, 5.74) is 30.4. The normalized spacial score (nSPS) is 12.5. The van der Waals surface area contributed by atoms with E-state index in [1.54, 1.807) is 38.1 Å². The monoisotopic (exact) mass is 808 g/mol. The molecule has 0 spiro atoms. The Bertz CT molecular complexity index is 2970. The molecule has 292 valence electrons. The molecule has 0 radical (unpaired) electrons. The lowest BCUT2D eigenvalue weighted by Crippen LogP contribution is -2.01. The number of rotatable bonds is 9. The van der Waals surface area contributed by atoms with E-state index in [0.29, 0.717) is 45.3 Å². The van der Waals surface area contributed by atoms with Gasteiger partial charge < -0.3 is 28.0 Å². The molecule has 0 aliphatic heterocycles. The zero-order chi connectivity index (χ0) is 41.6. The van der Waals surface area contributed by atoms with Gasteiger partial charge in [0.1, 0.15) is 32.5 Å². The Balaban J connectivity index is 1.36. The van der Waals surface area contributed by atoms with Crippen LogP contribution in [0.15, 0.2) is 119 Å². The second-order valence-corrected chi connectivity index (χ2v) is 16.0. The molecule has 0 heterocycles. The zero-order valence-electron chi connectivity index (χ0n) is 30.8. The maximum atomic E-state index is 12.5.